The van der Waals surface area contributed by atoms with Crippen LogP contribution in [0, 0.1) is 18.2 Å². The summed E-state index contributed by atoms with van der Waals surface area (Å²) in [6.07, 6.45) is 6.97. The van der Waals surface area contributed by atoms with E-state index >= 15 is 0 Å². The Morgan fingerprint density at radius 2 is 1.96 bits per heavy atom. The first-order chi connectivity index (χ1) is 13.5. The fourth-order valence-electron chi connectivity index (χ4n) is 2.55. The van der Waals surface area contributed by atoms with Gasteiger partial charge in [0.15, 0.2) is 15.8 Å². The van der Waals surface area contributed by atoms with Crippen molar-refractivity contribution in [3.05, 3.63) is 58.8 Å². The number of nitrogens with zero attached hydrogens (tertiary/aromatic N) is 1. The second-order valence-electron chi connectivity index (χ2n) is 5.63. The van der Waals surface area contributed by atoms with Crippen molar-refractivity contribution in [1.82, 2.24) is 0 Å². The number of thioether (sulfide) groups is 1. The number of anilines is 1. The number of ether oxygens (including phenoxy) is 2. The Labute approximate surface area is 172 Å². The van der Waals surface area contributed by atoms with Crippen LogP contribution in [0.25, 0.3) is 6.08 Å². The Balaban J connectivity index is 1.88. The average Bonchev–Trinajstić information content (AvgIpc) is 2.95. The minimum Gasteiger partial charge on any atom is -0.490 e. The van der Waals surface area contributed by atoms with Crippen molar-refractivity contribution in [3.8, 4) is 23.8 Å². The predicted molar refractivity (Wildman–Crippen MR) is 114 cm³/mol. The summed E-state index contributed by atoms with van der Waals surface area (Å²) in [4.78, 5) is 14.7. The Morgan fingerprint density at radius 1 is 1.21 bits per heavy atom. The van der Waals surface area contributed by atoms with Crippen LogP contribution in [0.3, 0.4) is 0 Å². The minimum atomic E-state index is -0.375. The number of carbonyl (C=O) groups is 1. The van der Waals surface area contributed by atoms with E-state index in [1.165, 1.54) is 40.9 Å². The first-order valence-electron chi connectivity index (χ1n) is 8.40. The number of hydrogen-bond acceptors (Lipinski definition) is 5. The molecule has 1 fully saturated rings. The third kappa shape index (κ3) is 4.35. The number of benzene rings is 2. The fraction of sp³-hybridized carbons (Fsp3) is 0.143. The third-order valence-corrected chi connectivity index (χ3v) is 5.06. The van der Waals surface area contributed by atoms with E-state index in [9.17, 15) is 9.18 Å². The van der Waals surface area contributed by atoms with Crippen molar-refractivity contribution in [2.75, 3.05) is 18.1 Å². The lowest BCUT2D eigenvalue weighted by Crippen LogP contribution is -2.27. The van der Waals surface area contributed by atoms with E-state index in [1.807, 2.05) is 6.92 Å². The zero-order chi connectivity index (χ0) is 20.1. The molecule has 0 aromatic heterocycles. The first-order valence-corrected chi connectivity index (χ1v) is 9.62. The standard InChI is InChI=1S/C21H16FNO3S2/c1-3-11-26-17-10-5-14(12-18(17)25-4-2)13-19-20(24)23(21(27)28-19)16-8-6-15(22)7-9-16/h1,5-10,12-13H,4,11H2,2H3/b19-13-. The third-order valence-electron chi connectivity index (χ3n) is 3.75. The number of carbonyl (C=O) groups excluding carboxylic acids is 1. The predicted octanol–water partition coefficient (Wildman–Crippen LogP) is 4.64. The molecule has 0 spiro atoms. The molecule has 0 N–H and O–H groups in total. The number of hydrogen-bond donors (Lipinski definition) is 0. The molecular weight excluding hydrogens is 397 g/mol. The molecule has 0 bridgehead atoms. The summed E-state index contributed by atoms with van der Waals surface area (Å²) >= 11 is 6.52. The number of terminal acetylenes is 1. The highest BCUT2D eigenvalue weighted by Crippen LogP contribution is 2.37. The maximum Gasteiger partial charge on any atom is 0.270 e. The molecule has 2 aromatic rings. The Bertz CT molecular complexity index is 980. The second-order valence-corrected chi connectivity index (χ2v) is 7.30. The highest BCUT2D eigenvalue weighted by molar-refractivity contribution is 8.27. The second kappa shape index (κ2) is 8.91. The van der Waals surface area contributed by atoms with E-state index < -0.39 is 0 Å². The van der Waals surface area contributed by atoms with Crippen LogP contribution in [-0.4, -0.2) is 23.4 Å². The summed E-state index contributed by atoms with van der Waals surface area (Å²) in [7, 11) is 0. The molecule has 1 aliphatic rings. The molecule has 28 heavy (non-hydrogen) atoms. The molecule has 1 saturated heterocycles. The van der Waals surface area contributed by atoms with Crippen molar-refractivity contribution >= 4 is 46.0 Å². The molecule has 0 unspecified atom stereocenters. The van der Waals surface area contributed by atoms with Crippen LogP contribution in [0.2, 0.25) is 0 Å². The summed E-state index contributed by atoms with van der Waals surface area (Å²) in [5.74, 6) is 2.86. The quantitative estimate of drug-likeness (QED) is 0.392. The monoisotopic (exact) mass is 413 g/mol. The van der Waals surface area contributed by atoms with Gasteiger partial charge in [-0.25, -0.2) is 4.39 Å². The molecule has 2 aromatic carbocycles. The number of thiocarbonyl (C=S) groups is 1. The molecular formula is C21H16FNO3S2. The van der Waals surface area contributed by atoms with Gasteiger partial charge < -0.3 is 9.47 Å². The van der Waals surface area contributed by atoms with Gasteiger partial charge >= 0.3 is 0 Å². The summed E-state index contributed by atoms with van der Waals surface area (Å²) < 4.78 is 24.6. The lowest BCUT2D eigenvalue weighted by molar-refractivity contribution is -0.113. The van der Waals surface area contributed by atoms with Crippen molar-refractivity contribution in [3.63, 3.8) is 0 Å². The highest BCUT2D eigenvalue weighted by Gasteiger charge is 2.33. The molecule has 1 amide bonds. The van der Waals surface area contributed by atoms with Crippen molar-refractivity contribution in [2.45, 2.75) is 6.92 Å². The van der Waals surface area contributed by atoms with Crippen LogP contribution < -0.4 is 14.4 Å². The van der Waals surface area contributed by atoms with E-state index in [-0.39, 0.29) is 18.3 Å². The average molecular weight is 413 g/mol. The fourth-order valence-corrected chi connectivity index (χ4v) is 3.85. The summed E-state index contributed by atoms with van der Waals surface area (Å²) in [6, 6.07) is 11.0. The lowest BCUT2D eigenvalue weighted by atomic mass is 10.1. The SMILES string of the molecule is C#CCOc1ccc(/C=C2\SC(=S)N(c3ccc(F)cc3)C2=O)cc1OCC. The van der Waals surface area contributed by atoms with Crippen LogP contribution in [0.4, 0.5) is 10.1 Å². The molecule has 1 heterocycles. The molecule has 142 valence electrons. The summed E-state index contributed by atoms with van der Waals surface area (Å²) in [5.41, 5.74) is 1.29. The van der Waals surface area contributed by atoms with Gasteiger partial charge in [0.2, 0.25) is 0 Å². The van der Waals surface area contributed by atoms with E-state index in [0.29, 0.717) is 33.0 Å². The number of rotatable bonds is 6. The van der Waals surface area contributed by atoms with Gasteiger partial charge in [0.05, 0.1) is 17.2 Å². The topological polar surface area (TPSA) is 38.8 Å². The van der Waals surface area contributed by atoms with Gasteiger partial charge in [-0.05, 0) is 55.0 Å². The molecule has 7 heteroatoms. The minimum absolute atomic E-state index is 0.135. The van der Waals surface area contributed by atoms with Crippen LogP contribution in [0.5, 0.6) is 11.5 Å². The first kappa shape index (κ1) is 19.9. The summed E-state index contributed by atoms with van der Waals surface area (Å²) in [5, 5.41) is 0. The van der Waals surface area contributed by atoms with E-state index in [0.717, 1.165) is 5.56 Å². The van der Waals surface area contributed by atoms with Gasteiger partial charge in [0.25, 0.3) is 5.91 Å². The molecule has 0 aliphatic carbocycles. The molecule has 0 saturated carbocycles. The van der Waals surface area contributed by atoms with E-state index in [4.69, 9.17) is 28.1 Å². The van der Waals surface area contributed by atoms with Crippen molar-refractivity contribution in [2.24, 2.45) is 0 Å². The molecule has 3 rings (SSSR count). The van der Waals surface area contributed by atoms with Crippen LogP contribution in [-0.2, 0) is 4.79 Å². The van der Waals surface area contributed by atoms with Crippen LogP contribution in [0.15, 0.2) is 47.4 Å². The normalized spacial score (nSPS) is 15.0. The number of amides is 1. The Kier molecular flexibility index (Phi) is 6.34. The Morgan fingerprint density at radius 3 is 2.64 bits per heavy atom. The van der Waals surface area contributed by atoms with Gasteiger partial charge in [-0.3, -0.25) is 9.69 Å². The lowest BCUT2D eigenvalue weighted by Gasteiger charge is -2.14. The smallest absolute Gasteiger partial charge is 0.270 e. The maximum absolute atomic E-state index is 13.2. The van der Waals surface area contributed by atoms with Crippen molar-refractivity contribution < 1.29 is 18.7 Å². The molecule has 0 radical (unpaired) electrons. The van der Waals surface area contributed by atoms with E-state index in [2.05, 4.69) is 5.92 Å². The van der Waals surface area contributed by atoms with Gasteiger partial charge in [0.1, 0.15) is 12.4 Å². The zero-order valence-corrected chi connectivity index (χ0v) is 16.6. The molecule has 4 nitrogen and oxygen atoms in total. The zero-order valence-electron chi connectivity index (χ0n) is 15.0. The Hall–Kier alpha value is -2.82. The van der Waals surface area contributed by atoms with Crippen LogP contribution >= 0.6 is 24.0 Å². The summed E-state index contributed by atoms with van der Waals surface area (Å²) in [6.45, 7) is 2.46. The van der Waals surface area contributed by atoms with Gasteiger partial charge in [-0.2, -0.15) is 0 Å². The maximum atomic E-state index is 13.2. The van der Waals surface area contributed by atoms with Crippen LogP contribution in [0.1, 0.15) is 12.5 Å². The number of halogens is 1. The van der Waals surface area contributed by atoms with E-state index in [1.54, 1.807) is 24.3 Å². The van der Waals surface area contributed by atoms with Gasteiger partial charge in [-0.15, -0.1) is 6.42 Å². The molecule has 0 atom stereocenters. The largest absolute Gasteiger partial charge is 0.490 e. The van der Waals surface area contributed by atoms with Gasteiger partial charge in [-0.1, -0.05) is 36.0 Å². The molecule has 1 aliphatic heterocycles. The van der Waals surface area contributed by atoms with Gasteiger partial charge in [0, 0.05) is 0 Å². The van der Waals surface area contributed by atoms with Crippen molar-refractivity contribution in [1.29, 1.82) is 0 Å². The highest BCUT2D eigenvalue weighted by atomic mass is 32.2.